The van der Waals surface area contributed by atoms with Gasteiger partial charge in [0.2, 0.25) is 0 Å². The Bertz CT molecular complexity index is 983. The van der Waals surface area contributed by atoms with Gasteiger partial charge in [-0.15, -0.1) is 0 Å². The van der Waals surface area contributed by atoms with Gasteiger partial charge in [0.15, 0.2) is 0 Å². The number of ether oxygens (including phenoxy) is 3. The lowest BCUT2D eigenvalue weighted by atomic mass is 10.2. The minimum Gasteiger partial charge on any atom is -0.423 e. The van der Waals surface area contributed by atoms with E-state index >= 15 is 0 Å². The second kappa shape index (κ2) is 10.5. The molecular weight excluding hydrogens is 388 g/mol. The predicted molar refractivity (Wildman–Crippen MR) is 110 cm³/mol. The third kappa shape index (κ3) is 6.88. The summed E-state index contributed by atoms with van der Waals surface area (Å²) in [5.41, 5.74) is 0.899. The minimum absolute atomic E-state index is 0.0521. The number of hydrogen-bond acceptors (Lipinski definition) is 7. The highest BCUT2D eigenvalue weighted by molar-refractivity contribution is 5.90. The largest absolute Gasteiger partial charge is 0.423 e. The second-order valence-corrected chi connectivity index (χ2v) is 6.12. The lowest BCUT2D eigenvalue weighted by Gasteiger charge is -2.05. The average Bonchev–Trinajstić information content (AvgIpc) is 2.73. The molecule has 30 heavy (non-hydrogen) atoms. The Kier molecular flexibility index (Phi) is 7.84. The van der Waals surface area contributed by atoms with Gasteiger partial charge in [-0.1, -0.05) is 25.3 Å². The van der Waals surface area contributed by atoms with Crippen LogP contribution in [-0.2, 0) is 14.4 Å². The molecule has 1 N–H and O–H groups in total. The van der Waals surface area contributed by atoms with Crippen molar-refractivity contribution in [1.82, 2.24) is 0 Å². The highest BCUT2D eigenvalue weighted by atomic mass is 16.5. The summed E-state index contributed by atoms with van der Waals surface area (Å²) in [6.07, 6.45) is 2.77. The first kappa shape index (κ1) is 22.3. The highest BCUT2D eigenvalue weighted by Gasteiger charge is 2.09. The summed E-state index contributed by atoms with van der Waals surface area (Å²) >= 11 is 0. The van der Waals surface area contributed by atoms with Gasteiger partial charge in [-0.25, -0.2) is 14.4 Å². The van der Waals surface area contributed by atoms with Crippen LogP contribution in [0, 0.1) is 0 Å². The Balaban J connectivity index is 1.90. The zero-order valence-electron chi connectivity index (χ0n) is 16.3. The molecule has 0 aliphatic heterocycles. The van der Waals surface area contributed by atoms with Crippen molar-refractivity contribution >= 4 is 24.0 Å². The SMILES string of the molecule is C=C(C)C(=O)Oc1ccc(OC(=O)/C=C/c2ccc(OC(=O)C(=C)CO)cc2)cc1. The standard InChI is InChI=1S/C23H20O7/c1-15(2)22(26)29-20-11-9-18(10-12-20)28-21(25)13-6-17-4-7-19(8-5-17)30-23(27)16(3)14-24/h4-13,24H,1,3,14H2,2H3/b13-6+. The van der Waals surface area contributed by atoms with Crippen LogP contribution in [0.3, 0.4) is 0 Å². The Labute approximate surface area is 173 Å². The molecule has 7 heteroatoms. The fourth-order valence-corrected chi connectivity index (χ4v) is 1.98. The number of aliphatic hydroxyl groups excluding tert-OH is 1. The van der Waals surface area contributed by atoms with E-state index in [1.54, 1.807) is 31.2 Å². The van der Waals surface area contributed by atoms with Crippen LogP contribution in [0.5, 0.6) is 17.2 Å². The number of esters is 3. The van der Waals surface area contributed by atoms with Gasteiger partial charge < -0.3 is 19.3 Å². The monoisotopic (exact) mass is 408 g/mol. The number of aliphatic hydroxyl groups is 1. The molecule has 0 aromatic heterocycles. The maximum Gasteiger partial charge on any atom is 0.341 e. The molecule has 0 bridgehead atoms. The van der Waals surface area contributed by atoms with Gasteiger partial charge in [0, 0.05) is 11.6 Å². The fourth-order valence-electron chi connectivity index (χ4n) is 1.98. The van der Waals surface area contributed by atoms with Crippen molar-refractivity contribution in [2.75, 3.05) is 6.61 Å². The van der Waals surface area contributed by atoms with Crippen LogP contribution in [0.15, 0.2) is 78.9 Å². The van der Waals surface area contributed by atoms with E-state index in [9.17, 15) is 14.4 Å². The van der Waals surface area contributed by atoms with Gasteiger partial charge in [-0.3, -0.25) is 0 Å². The molecule has 0 radical (unpaired) electrons. The Morgan fingerprint density at radius 3 is 1.80 bits per heavy atom. The molecular formula is C23H20O7. The average molecular weight is 408 g/mol. The molecule has 0 atom stereocenters. The van der Waals surface area contributed by atoms with Gasteiger partial charge in [0.1, 0.15) is 17.2 Å². The number of carbonyl (C=O) groups is 3. The lowest BCUT2D eigenvalue weighted by molar-refractivity contribution is -0.131. The number of rotatable bonds is 8. The molecule has 0 fully saturated rings. The van der Waals surface area contributed by atoms with Gasteiger partial charge in [0.25, 0.3) is 0 Å². The van der Waals surface area contributed by atoms with Crippen LogP contribution >= 0.6 is 0 Å². The first-order valence-electron chi connectivity index (χ1n) is 8.77. The number of hydrogen-bond donors (Lipinski definition) is 1. The molecule has 0 saturated heterocycles. The molecule has 0 heterocycles. The molecule has 2 aromatic carbocycles. The van der Waals surface area contributed by atoms with Crippen LogP contribution in [0.1, 0.15) is 12.5 Å². The summed E-state index contributed by atoms with van der Waals surface area (Å²) in [4.78, 5) is 34.9. The van der Waals surface area contributed by atoms with Gasteiger partial charge in [-0.05, 0) is 55.0 Å². The molecule has 2 rings (SSSR count). The zero-order valence-corrected chi connectivity index (χ0v) is 16.3. The van der Waals surface area contributed by atoms with E-state index in [2.05, 4.69) is 13.2 Å². The maximum atomic E-state index is 11.9. The summed E-state index contributed by atoms with van der Waals surface area (Å²) < 4.78 is 15.2. The summed E-state index contributed by atoms with van der Waals surface area (Å²) in [5, 5.41) is 8.85. The van der Waals surface area contributed by atoms with Crippen LogP contribution < -0.4 is 14.2 Å². The predicted octanol–water partition coefficient (Wildman–Crippen LogP) is 3.24. The third-order valence-corrected chi connectivity index (χ3v) is 3.58. The van der Waals surface area contributed by atoms with Crippen LogP contribution in [0.25, 0.3) is 6.08 Å². The normalized spacial score (nSPS) is 10.3. The summed E-state index contributed by atoms with van der Waals surface area (Å²) in [6, 6.07) is 12.3. The van der Waals surface area contributed by atoms with Crippen LogP contribution in [-0.4, -0.2) is 29.6 Å². The molecule has 154 valence electrons. The van der Waals surface area contributed by atoms with Gasteiger partial charge >= 0.3 is 17.9 Å². The smallest absolute Gasteiger partial charge is 0.341 e. The lowest BCUT2D eigenvalue weighted by Crippen LogP contribution is -2.12. The van der Waals surface area contributed by atoms with Crippen molar-refractivity contribution in [2.24, 2.45) is 0 Å². The Morgan fingerprint density at radius 2 is 1.30 bits per heavy atom. The first-order valence-corrected chi connectivity index (χ1v) is 8.77. The molecule has 0 amide bonds. The van der Waals surface area contributed by atoms with Crippen molar-refractivity contribution in [1.29, 1.82) is 0 Å². The fraction of sp³-hybridized carbons (Fsp3) is 0.0870. The van der Waals surface area contributed by atoms with Crippen LogP contribution in [0.2, 0.25) is 0 Å². The van der Waals surface area contributed by atoms with Crippen LogP contribution in [0.4, 0.5) is 0 Å². The zero-order chi connectivity index (χ0) is 22.1. The highest BCUT2D eigenvalue weighted by Crippen LogP contribution is 2.19. The van der Waals surface area contributed by atoms with E-state index in [1.807, 2.05) is 0 Å². The molecule has 2 aromatic rings. The van der Waals surface area contributed by atoms with E-state index in [4.69, 9.17) is 19.3 Å². The summed E-state index contributed by atoms with van der Waals surface area (Å²) in [7, 11) is 0. The Hall–Kier alpha value is -3.97. The molecule has 0 spiro atoms. The van der Waals surface area contributed by atoms with E-state index in [0.29, 0.717) is 11.3 Å². The minimum atomic E-state index is -0.718. The molecule has 0 saturated carbocycles. The maximum absolute atomic E-state index is 11.9. The van der Waals surface area contributed by atoms with E-state index < -0.39 is 24.5 Å². The van der Waals surface area contributed by atoms with E-state index in [1.165, 1.54) is 36.4 Å². The molecule has 0 aliphatic rings. The Morgan fingerprint density at radius 1 is 0.833 bits per heavy atom. The van der Waals surface area contributed by atoms with E-state index in [-0.39, 0.29) is 22.6 Å². The number of carbonyl (C=O) groups excluding carboxylic acids is 3. The third-order valence-electron chi connectivity index (χ3n) is 3.58. The van der Waals surface area contributed by atoms with Gasteiger partial charge in [0.05, 0.1) is 12.2 Å². The quantitative estimate of drug-likeness (QED) is 0.407. The molecule has 0 unspecified atom stereocenters. The molecule has 0 aliphatic carbocycles. The van der Waals surface area contributed by atoms with Crippen molar-refractivity contribution in [3.63, 3.8) is 0 Å². The van der Waals surface area contributed by atoms with Crippen molar-refractivity contribution in [3.8, 4) is 17.2 Å². The summed E-state index contributed by atoms with van der Waals surface area (Å²) in [6.45, 7) is 7.94. The topological polar surface area (TPSA) is 99.1 Å². The number of benzene rings is 2. The first-order chi connectivity index (χ1) is 14.3. The molecule has 7 nitrogen and oxygen atoms in total. The van der Waals surface area contributed by atoms with Gasteiger partial charge in [-0.2, -0.15) is 0 Å². The van der Waals surface area contributed by atoms with E-state index in [0.717, 1.165) is 0 Å². The van der Waals surface area contributed by atoms with Crippen molar-refractivity contribution in [2.45, 2.75) is 6.92 Å². The van der Waals surface area contributed by atoms with Crippen molar-refractivity contribution in [3.05, 3.63) is 84.5 Å². The van der Waals surface area contributed by atoms with Crippen molar-refractivity contribution < 1.29 is 33.7 Å². The second-order valence-electron chi connectivity index (χ2n) is 6.12. The summed E-state index contributed by atoms with van der Waals surface area (Å²) in [5.74, 6) is -0.988.